The van der Waals surface area contributed by atoms with E-state index in [9.17, 15) is 9.90 Å². The predicted octanol–water partition coefficient (Wildman–Crippen LogP) is 1.57. The molecule has 6 nitrogen and oxygen atoms in total. The summed E-state index contributed by atoms with van der Waals surface area (Å²) >= 11 is 0. The number of hydrogen-bond acceptors (Lipinski definition) is 5. The number of nitrogens with zero attached hydrogens (tertiary/aromatic N) is 3. The molecule has 1 aromatic heterocycles. The molecule has 2 heterocycles. The van der Waals surface area contributed by atoms with Gasteiger partial charge < -0.3 is 9.84 Å². The fourth-order valence-electron chi connectivity index (χ4n) is 2.39. The first-order valence-electron chi connectivity index (χ1n) is 6.69. The molecule has 0 amide bonds. The number of hydrogen-bond donors (Lipinski definition) is 1. The fraction of sp³-hybridized carbons (Fsp3) is 0.267. The molecule has 3 rings (SSSR count). The van der Waals surface area contributed by atoms with E-state index in [4.69, 9.17) is 4.74 Å². The van der Waals surface area contributed by atoms with Crippen molar-refractivity contribution in [2.45, 2.75) is 13.1 Å². The normalized spacial score (nSPS) is 14.9. The molecule has 0 saturated heterocycles. The quantitative estimate of drug-likeness (QED) is 0.922. The molecular formula is C15H15N3O3. The average molecular weight is 285 g/mol. The van der Waals surface area contributed by atoms with E-state index >= 15 is 0 Å². The summed E-state index contributed by atoms with van der Waals surface area (Å²) < 4.78 is 5.70. The van der Waals surface area contributed by atoms with Gasteiger partial charge in [-0.3, -0.25) is 4.90 Å². The SMILES string of the molecule is O=C(O)c1cncnc1CN1CCOc2ccccc2C1. The van der Waals surface area contributed by atoms with Gasteiger partial charge in [-0.15, -0.1) is 0 Å². The van der Waals surface area contributed by atoms with Crippen LogP contribution in [0.4, 0.5) is 0 Å². The van der Waals surface area contributed by atoms with Crippen LogP contribution >= 0.6 is 0 Å². The highest BCUT2D eigenvalue weighted by molar-refractivity contribution is 5.88. The van der Waals surface area contributed by atoms with Crippen LogP contribution in [0.2, 0.25) is 0 Å². The van der Waals surface area contributed by atoms with Gasteiger partial charge in [0.25, 0.3) is 0 Å². The molecule has 0 bridgehead atoms. The first kappa shape index (κ1) is 13.5. The summed E-state index contributed by atoms with van der Waals surface area (Å²) in [4.78, 5) is 21.2. The highest BCUT2D eigenvalue weighted by atomic mass is 16.5. The van der Waals surface area contributed by atoms with Gasteiger partial charge in [0.15, 0.2) is 0 Å². The Labute approximate surface area is 122 Å². The van der Waals surface area contributed by atoms with Crippen molar-refractivity contribution < 1.29 is 14.6 Å². The number of aromatic nitrogens is 2. The zero-order valence-corrected chi connectivity index (χ0v) is 11.4. The summed E-state index contributed by atoms with van der Waals surface area (Å²) in [5, 5.41) is 9.19. The molecule has 0 atom stereocenters. The molecule has 1 aliphatic heterocycles. The van der Waals surface area contributed by atoms with E-state index in [0.29, 0.717) is 25.4 Å². The Balaban J connectivity index is 1.81. The Kier molecular flexibility index (Phi) is 3.79. The first-order valence-corrected chi connectivity index (χ1v) is 6.69. The lowest BCUT2D eigenvalue weighted by atomic mass is 10.1. The van der Waals surface area contributed by atoms with E-state index in [1.54, 1.807) is 0 Å². The third-order valence-corrected chi connectivity index (χ3v) is 3.43. The van der Waals surface area contributed by atoms with Crippen molar-refractivity contribution in [3.63, 3.8) is 0 Å². The van der Waals surface area contributed by atoms with Crippen molar-refractivity contribution in [1.29, 1.82) is 0 Å². The Bertz CT molecular complexity index is 660. The molecule has 0 fully saturated rings. The second-order valence-electron chi connectivity index (χ2n) is 4.86. The second kappa shape index (κ2) is 5.88. The van der Waals surface area contributed by atoms with Gasteiger partial charge in [0, 0.05) is 31.4 Å². The number of para-hydroxylation sites is 1. The summed E-state index contributed by atoms with van der Waals surface area (Å²) in [6.45, 7) is 2.46. The van der Waals surface area contributed by atoms with E-state index in [0.717, 1.165) is 17.9 Å². The molecule has 1 aliphatic rings. The maximum Gasteiger partial charge on any atom is 0.339 e. The minimum atomic E-state index is -1.00. The van der Waals surface area contributed by atoms with Gasteiger partial charge in [-0.2, -0.15) is 0 Å². The van der Waals surface area contributed by atoms with Gasteiger partial charge in [0.1, 0.15) is 24.2 Å². The van der Waals surface area contributed by atoms with Crippen LogP contribution in [-0.2, 0) is 13.1 Å². The highest BCUT2D eigenvalue weighted by Gasteiger charge is 2.18. The summed E-state index contributed by atoms with van der Waals surface area (Å²) in [6, 6.07) is 7.89. The Morgan fingerprint density at radius 3 is 3.10 bits per heavy atom. The molecule has 0 aliphatic carbocycles. The summed E-state index contributed by atoms with van der Waals surface area (Å²) in [7, 11) is 0. The van der Waals surface area contributed by atoms with E-state index in [1.165, 1.54) is 12.5 Å². The number of fused-ring (bicyclic) bond motifs is 1. The first-order chi connectivity index (χ1) is 10.2. The lowest BCUT2D eigenvalue weighted by molar-refractivity contribution is 0.0693. The van der Waals surface area contributed by atoms with Crippen LogP contribution in [0.1, 0.15) is 21.6 Å². The van der Waals surface area contributed by atoms with Crippen molar-refractivity contribution in [3.8, 4) is 5.75 Å². The van der Waals surface area contributed by atoms with Crippen molar-refractivity contribution >= 4 is 5.97 Å². The van der Waals surface area contributed by atoms with Gasteiger partial charge in [-0.1, -0.05) is 18.2 Å². The smallest absolute Gasteiger partial charge is 0.339 e. The minimum Gasteiger partial charge on any atom is -0.492 e. The molecule has 0 unspecified atom stereocenters. The number of carbonyl (C=O) groups is 1. The predicted molar refractivity (Wildman–Crippen MR) is 75.0 cm³/mol. The van der Waals surface area contributed by atoms with E-state index in [-0.39, 0.29) is 5.56 Å². The Hall–Kier alpha value is -2.47. The van der Waals surface area contributed by atoms with Crippen LogP contribution in [0.15, 0.2) is 36.8 Å². The molecule has 1 N–H and O–H groups in total. The zero-order valence-electron chi connectivity index (χ0n) is 11.4. The average Bonchev–Trinajstić information content (AvgIpc) is 2.69. The number of aromatic carboxylic acids is 1. The molecule has 0 saturated carbocycles. The molecular weight excluding hydrogens is 270 g/mol. The molecule has 6 heteroatoms. The van der Waals surface area contributed by atoms with Crippen molar-refractivity contribution in [2.24, 2.45) is 0 Å². The van der Waals surface area contributed by atoms with Crippen LogP contribution in [0.3, 0.4) is 0 Å². The van der Waals surface area contributed by atoms with Crippen molar-refractivity contribution in [3.05, 3.63) is 53.6 Å². The lowest BCUT2D eigenvalue weighted by Gasteiger charge is -2.19. The van der Waals surface area contributed by atoms with Crippen molar-refractivity contribution in [2.75, 3.05) is 13.2 Å². The highest BCUT2D eigenvalue weighted by Crippen LogP contribution is 2.23. The van der Waals surface area contributed by atoms with E-state index in [2.05, 4.69) is 14.9 Å². The minimum absolute atomic E-state index is 0.149. The monoisotopic (exact) mass is 285 g/mol. The second-order valence-corrected chi connectivity index (χ2v) is 4.86. The van der Waals surface area contributed by atoms with Crippen LogP contribution < -0.4 is 4.74 Å². The molecule has 108 valence electrons. The maximum absolute atomic E-state index is 11.2. The van der Waals surface area contributed by atoms with E-state index in [1.807, 2.05) is 24.3 Å². The van der Waals surface area contributed by atoms with Gasteiger partial charge in [0.2, 0.25) is 0 Å². The third kappa shape index (κ3) is 3.00. The van der Waals surface area contributed by atoms with Gasteiger partial charge >= 0.3 is 5.97 Å². The summed E-state index contributed by atoms with van der Waals surface area (Å²) in [5.74, 6) is -0.113. The summed E-state index contributed by atoms with van der Waals surface area (Å²) in [5.41, 5.74) is 1.77. The maximum atomic E-state index is 11.2. The number of rotatable bonds is 3. The number of ether oxygens (including phenoxy) is 1. The lowest BCUT2D eigenvalue weighted by Crippen LogP contribution is -2.26. The fourth-order valence-corrected chi connectivity index (χ4v) is 2.39. The zero-order chi connectivity index (χ0) is 14.7. The van der Waals surface area contributed by atoms with Crippen LogP contribution in [0, 0.1) is 0 Å². The molecule has 1 aromatic carbocycles. The van der Waals surface area contributed by atoms with Gasteiger partial charge in [-0.25, -0.2) is 14.8 Å². The number of benzene rings is 1. The molecule has 21 heavy (non-hydrogen) atoms. The molecule has 0 radical (unpaired) electrons. The standard InChI is InChI=1S/C15H15N3O3/c19-15(20)12-7-16-10-17-13(12)9-18-5-6-21-14-4-2-1-3-11(14)8-18/h1-4,7,10H,5-6,8-9H2,(H,19,20). The van der Waals surface area contributed by atoms with Crippen LogP contribution in [0.5, 0.6) is 5.75 Å². The third-order valence-electron chi connectivity index (χ3n) is 3.43. The van der Waals surface area contributed by atoms with Gasteiger partial charge in [0.05, 0.1) is 5.69 Å². The van der Waals surface area contributed by atoms with Crippen LogP contribution in [-0.4, -0.2) is 39.1 Å². The number of carboxylic acids is 1. The largest absolute Gasteiger partial charge is 0.492 e. The molecule has 0 spiro atoms. The summed E-state index contributed by atoms with van der Waals surface area (Å²) in [6.07, 6.45) is 2.72. The number of carboxylic acid groups (broad SMARTS) is 1. The van der Waals surface area contributed by atoms with Crippen LogP contribution in [0.25, 0.3) is 0 Å². The van der Waals surface area contributed by atoms with Crippen molar-refractivity contribution in [1.82, 2.24) is 14.9 Å². The topological polar surface area (TPSA) is 75.5 Å². The van der Waals surface area contributed by atoms with E-state index < -0.39 is 5.97 Å². The Morgan fingerprint density at radius 2 is 2.24 bits per heavy atom. The molecule has 2 aromatic rings. The van der Waals surface area contributed by atoms with Gasteiger partial charge in [-0.05, 0) is 6.07 Å². The Morgan fingerprint density at radius 1 is 1.38 bits per heavy atom.